The van der Waals surface area contributed by atoms with Gasteiger partial charge in [-0.1, -0.05) is 18.2 Å². The summed E-state index contributed by atoms with van der Waals surface area (Å²) in [7, 11) is -1.34. The summed E-state index contributed by atoms with van der Waals surface area (Å²) in [5.74, 6) is 0.904. The smallest absolute Gasteiger partial charge is 0.246 e. The van der Waals surface area contributed by atoms with Gasteiger partial charge in [0.25, 0.3) is 0 Å². The number of rotatable bonds is 5. The van der Waals surface area contributed by atoms with Crippen LogP contribution in [0.2, 0.25) is 0 Å². The largest absolute Gasteiger partial charge is 0.376 e. The fourth-order valence-corrected chi connectivity index (χ4v) is 6.12. The van der Waals surface area contributed by atoms with Crippen molar-refractivity contribution in [3.05, 3.63) is 53.3 Å². The van der Waals surface area contributed by atoms with Crippen LogP contribution in [-0.4, -0.2) is 44.2 Å². The SMILES string of the molecule is Cc1nsc(-c2ccc(C)c(NCC(=O)N3CCc4c3cccc4N3C(=O)CCS3=O)c2)n1. The molecule has 0 radical (unpaired) electrons. The molecule has 3 heterocycles. The van der Waals surface area contributed by atoms with Gasteiger partial charge in [-0.15, -0.1) is 0 Å². The van der Waals surface area contributed by atoms with E-state index in [0.29, 0.717) is 24.4 Å². The predicted molar refractivity (Wildman–Crippen MR) is 131 cm³/mol. The van der Waals surface area contributed by atoms with Crippen LogP contribution in [0.3, 0.4) is 0 Å². The third-order valence-corrected chi connectivity index (χ3v) is 8.10. The molecule has 0 saturated carbocycles. The zero-order chi connectivity index (χ0) is 23.1. The average Bonchev–Trinajstić information content (AvgIpc) is 3.51. The van der Waals surface area contributed by atoms with Crippen molar-refractivity contribution >= 4 is 51.4 Å². The van der Waals surface area contributed by atoms with Gasteiger partial charge in [0.15, 0.2) is 0 Å². The van der Waals surface area contributed by atoms with Crippen molar-refractivity contribution in [1.82, 2.24) is 9.36 Å². The molecule has 0 spiro atoms. The van der Waals surface area contributed by atoms with Crippen LogP contribution >= 0.6 is 11.5 Å². The number of benzene rings is 2. The summed E-state index contributed by atoms with van der Waals surface area (Å²) < 4.78 is 18.0. The molecule has 2 aliphatic heterocycles. The second-order valence-corrected chi connectivity index (χ2v) is 10.2. The van der Waals surface area contributed by atoms with E-state index in [2.05, 4.69) is 14.7 Å². The van der Waals surface area contributed by atoms with Crippen molar-refractivity contribution in [3.63, 3.8) is 0 Å². The van der Waals surface area contributed by atoms with E-state index in [1.807, 2.05) is 50.2 Å². The van der Waals surface area contributed by atoms with E-state index in [4.69, 9.17) is 0 Å². The Hall–Kier alpha value is -3.11. The molecule has 2 amide bonds. The number of carbonyl (C=O) groups excluding carboxylic acids is 2. The lowest BCUT2D eigenvalue weighted by molar-refractivity contribution is -0.117. The fourth-order valence-electron chi connectivity index (χ4n) is 4.22. The highest BCUT2D eigenvalue weighted by Gasteiger charge is 2.34. The second kappa shape index (κ2) is 8.68. The number of nitrogens with zero attached hydrogens (tertiary/aromatic N) is 4. The number of aryl methyl sites for hydroxylation is 2. The molecular weight excluding hydrogens is 458 g/mol. The molecule has 1 aromatic heterocycles. The van der Waals surface area contributed by atoms with Crippen molar-refractivity contribution in [1.29, 1.82) is 0 Å². The first kappa shape index (κ1) is 21.7. The number of hydrogen-bond acceptors (Lipinski definition) is 7. The zero-order valence-corrected chi connectivity index (χ0v) is 20.0. The predicted octanol–water partition coefficient (Wildman–Crippen LogP) is 3.22. The average molecular weight is 482 g/mol. The number of nitrogens with one attached hydrogen (secondary N) is 1. The lowest BCUT2D eigenvalue weighted by atomic mass is 10.1. The van der Waals surface area contributed by atoms with Gasteiger partial charge in [0.2, 0.25) is 11.8 Å². The Morgan fingerprint density at radius 3 is 2.73 bits per heavy atom. The molecule has 2 aromatic carbocycles. The Labute approximate surface area is 198 Å². The fraction of sp³-hybridized carbons (Fsp3) is 0.304. The Morgan fingerprint density at radius 1 is 1.18 bits per heavy atom. The van der Waals surface area contributed by atoms with E-state index >= 15 is 0 Å². The molecule has 1 fully saturated rings. The molecule has 0 aliphatic carbocycles. The maximum absolute atomic E-state index is 13.1. The Morgan fingerprint density at radius 2 is 2.00 bits per heavy atom. The maximum atomic E-state index is 13.1. The maximum Gasteiger partial charge on any atom is 0.246 e. The van der Waals surface area contributed by atoms with Gasteiger partial charge in [0.1, 0.15) is 21.8 Å². The van der Waals surface area contributed by atoms with Gasteiger partial charge in [-0.05, 0) is 55.6 Å². The van der Waals surface area contributed by atoms with Crippen molar-refractivity contribution in [2.24, 2.45) is 0 Å². The summed E-state index contributed by atoms with van der Waals surface area (Å²) in [6, 6.07) is 11.5. The van der Waals surface area contributed by atoms with Crippen LogP contribution in [0.5, 0.6) is 0 Å². The Balaban J connectivity index is 1.33. The van der Waals surface area contributed by atoms with Gasteiger partial charge in [0, 0.05) is 35.5 Å². The number of hydrogen-bond donors (Lipinski definition) is 1. The molecule has 0 bridgehead atoms. The zero-order valence-electron chi connectivity index (χ0n) is 18.3. The van der Waals surface area contributed by atoms with Crippen LogP contribution in [0.25, 0.3) is 10.6 Å². The van der Waals surface area contributed by atoms with E-state index in [0.717, 1.165) is 38.9 Å². The molecule has 1 saturated heterocycles. The van der Waals surface area contributed by atoms with Gasteiger partial charge in [-0.25, -0.2) is 13.5 Å². The van der Waals surface area contributed by atoms with Crippen LogP contribution in [0.4, 0.5) is 17.1 Å². The quantitative estimate of drug-likeness (QED) is 0.601. The van der Waals surface area contributed by atoms with Crippen LogP contribution in [0.1, 0.15) is 23.4 Å². The lowest BCUT2D eigenvalue weighted by Gasteiger charge is -2.21. The molecule has 1 atom stereocenters. The van der Waals surface area contributed by atoms with Gasteiger partial charge >= 0.3 is 0 Å². The summed E-state index contributed by atoms with van der Waals surface area (Å²) in [4.78, 5) is 31.6. The van der Waals surface area contributed by atoms with Gasteiger partial charge < -0.3 is 10.2 Å². The molecule has 170 valence electrons. The molecule has 1 N–H and O–H groups in total. The first-order valence-electron chi connectivity index (χ1n) is 10.7. The molecular formula is C23H23N5O3S2. The van der Waals surface area contributed by atoms with Gasteiger partial charge in [-0.2, -0.15) is 4.37 Å². The summed E-state index contributed by atoms with van der Waals surface area (Å²) in [5.41, 5.74) is 5.21. The van der Waals surface area contributed by atoms with Crippen molar-refractivity contribution in [2.45, 2.75) is 26.7 Å². The van der Waals surface area contributed by atoms with Crippen LogP contribution in [-0.2, 0) is 27.0 Å². The van der Waals surface area contributed by atoms with Crippen molar-refractivity contribution in [2.75, 3.05) is 33.4 Å². The first-order valence-corrected chi connectivity index (χ1v) is 12.8. The second-order valence-electron chi connectivity index (χ2n) is 8.06. The first-order chi connectivity index (χ1) is 15.9. The van der Waals surface area contributed by atoms with Crippen molar-refractivity contribution < 1.29 is 13.8 Å². The molecule has 33 heavy (non-hydrogen) atoms. The molecule has 3 aromatic rings. The number of fused-ring (bicyclic) bond motifs is 1. The van der Waals surface area contributed by atoms with E-state index in [9.17, 15) is 13.8 Å². The van der Waals surface area contributed by atoms with Crippen LogP contribution in [0, 0.1) is 13.8 Å². The lowest BCUT2D eigenvalue weighted by Crippen LogP contribution is -2.34. The number of amides is 2. The molecule has 5 rings (SSSR count). The number of anilines is 3. The van der Waals surface area contributed by atoms with E-state index < -0.39 is 11.0 Å². The summed E-state index contributed by atoms with van der Waals surface area (Å²) in [6.07, 6.45) is 0.918. The van der Waals surface area contributed by atoms with Crippen LogP contribution < -0.4 is 14.5 Å². The third kappa shape index (κ3) is 4.04. The Kier molecular flexibility index (Phi) is 5.71. The highest BCUT2D eigenvalue weighted by Crippen LogP contribution is 2.37. The third-order valence-electron chi connectivity index (χ3n) is 5.89. The number of aromatic nitrogens is 2. The van der Waals surface area contributed by atoms with E-state index in [-0.39, 0.29) is 24.8 Å². The normalized spacial score (nSPS) is 17.5. The molecule has 1 unspecified atom stereocenters. The Bertz CT molecular complexity index is 1270. The standard InChI is InChI=1S/C23H23N5O3S2/c1-14-6-7-16(23-25-15(2)26-32-23)12-18(14)24-13-22(30)27-10-8-17-19(27)4-3-5-20(17)28-21(29)9-11-33(28)31/h3-7,12,24H,8-11,13H2,1-2H3. The highest BCUT2D eigenvalue weighted by molar-refractivity contribution is 7.87. The minimum Gasteiger partial charge on any atom is -0.376 e. The monoisotopic (exact) mass is 481 g/mol. The molecule has 8 nitrogen and oxygen atoms in total. The summed E-state index contributed by atoms with van der Waals surface area (Å²) in [5, 5.41) is 4.12. The summed E-state index contributed by atoms with van der Waals surface area (Å²) in [6.45, 7) is 4.53. The molecule has 2 aliphatic rings. The van der Waals surface area contributed by atoms with Gasteiger partial charge in [0.05, 0.1) is 18.0 Å². The highest BCUT2D eigenvalue weighted by atomic mass is 32.2. The minimum absolute atomic E-state index is 0.0590. The van der Waals surface area contributed by atoms with Crippen LogP contribution in [0.15, 0.2) is 36.4 Å². The topological polar surface area (TPSA) is 95.5 Å². The van der Waals surface area contributed by atoms with E-state index in [1.165, 1.54) is 15.8 Å². The summed E-state index contributed by atoms with van der Waals surface area (Å²) >= 11 is 1.35. The van der Waals surface area contributed by atoms with Crippen molar-refractivity contribution in [3.8, 4) is 10.6 Å². The molecule has 10 heteroatoms. The minimum atomic E-state index is -1.34. The van der Waals surface area contributed by atoms with E-state index in [1.54, 1.807) is 4.90 Å². The number of carbonyl (C=O) groups is 2. The van der Waals surface area contributed by atoms with Gasteiger partial charge in [-0.3, -0.25) is 9.59 Å².